The Morgan fingerprint density at radius 1 is 1.43 bits per heavy atom. The Kier molecular flexibility index (Phi) is 5.16. The summed E-state index contributed by atoms with van der Waals surface area (Å²) < 4.78 is 0. The highest BCUT2D eigenvalue weighted by Gasteiger charge is 2.27. The van der Waals surface area contributed by atoms with Gasteiger partial charge in [-0.3, -0.25) is 14.5 Å². The highest BCUT2D eigenvalue weighted by Crippen LogP contribution is 2.12. The van der Waals surface area contributed by atoms with Crippen molar-refractivity contribution in [3.63, 3.8) is 0 Å². The number of nitrogens with one attached hydrogen (secondary N) is 2. The molecule has 1 fully saturated rings. The second-order valence-corrected chi connectivity index (χ2v) is 5.17. The molecule has 1 unspecified atom stereocenters. The molecule has 1 aromatic rings. The third-order valence-electron chi connectivity index (χ3n) is 3.65. The Balaban J connectivity index is 1.83. The van der Waals surface area contributed by atoms with Crippen molar-refractivity contribution < 1.29 is 9.59 Å². The van der Waals surface area contributed by atoms with E-state index in [1.54, 1.807) is 24.3 Å². The van der Waals surface area contributed by atoms with Gasteiger partial charge in [0.2, 0.25) is 11.8 Å². The smallest absolute Gasteiger partial charge is 0.237 e. The molecule has 1 aliphatic heterocycles. The summed E-state index contributed by atoms with van der Waals surface area (Å²) in [5.41, 5.74) is 7.00. The Labute approximate surface area is 124 Å². The lowest BCUT2D eigenvalue weighted by atomic mass is 10.1. The van der Waals surface area contributed by atoms with Gasteiger partial charge in [0, 0.05) is 37.4 Å². The summed E-state index contributed by atoms with van der Waals surface area (Å²) in [6.07, 6.45) is 1.12. The van der Waals surface area contributed by atoms with Crippen LogP contribution in [0.3, 0.4) is 0 Å². The van der Waals surface area contributed by atoms with E-state index in [4.69, 9.17) is 5.73 Å². The van der Waals surface area contributed by atoms with Gasteiger partial charge in [-0.15, -0.1) is 0 Å². The van der Waals surface area contributed by atoms with Gasteiger partial charge in [0.25, 0.3) is 0 Å². The fourth-order valence-electron chi connectivity index (χ4n) is 2.51. The van der Waals surface area contributed by atoms with Crippen LogP contribution in [0.25, 0.3) is 0 Å². The second-order valence-electron chi connectivity index (χ2n) is 5.17. The van der Waals surface area contributed by atoms with E-state index in [0.717, 1.165) is 18.7 Å². The van der Waals surface area contributed by atoms with Gasteiger partial charge in [0.1, 0.15) is 0 Å². The van der Waals surface area contributed by atoms with E-state index in [1.807, 2.05) is 6.92 Å². The molecule has 2 rings (SSSR count). The van der Waals surface area contributed by atoms with Crippen molar-refractivity contribution in [3.8, 4) is 0 Å². The number of hydrogen-bond donors (Lipinski definition) is 3. The summed E-state index contributed by atoms with van der Waals surface area (Å²) in [4.78, 5) is 25.8. The third kappa shape index (κ3) is 4.19. The zero-order valence-corrected chi connectivity index (χ0v) is 12.3. The molecule has 4 N–H and O–H groups in total. The summed E-state index contributed by atoms with van der Waals surface area (Å²) in [5, 5.41) is 5.68. The molecule has 1 aromatic carbocycles. The van der Waals surface area contributed by atoms with Gasteiger partial charge in [0.15, 0.2) is 0 Å². The average molecular weight is 290 g/mol. The minimum absolute atomic E-state index is 0.0550. The first-order chi connectivity index (χ1) is 10.1. The average Bonchev–Trinajstić information content (AvgIpc) is 2.47. The van der Waals surface area contributed by atoms with E-state index >= 15 is 0 Å². The topological polar surface area (TPSA) is 87.5 Å². The Morgan fingerprint density at radius 3 is 2.81 bits per heavy atom. The van der Waals surface area contributed by atoms with Crippen LogP contribution in [0.5, 0.6) is 0 Å². The molecule has 0 radical (unpaired) electrons. The molecule has 0 bridgehead atoms. The van der Waals surface area contributed by atoms with Crippen LogP contribution in [0, 0.1) is 0 Å². The van der Waals surface area contributed by atoms with E-state index in [2.05, 4.69) is 15.5 Å². The van der Waals surface area contributed by atoms with Crippen molar-refractivity contribution in [1.82, 2.24) is 10.2 Å². The van der Waals surface area contributed by atoms with Crippen LogP contribution in [-0.2, 0) is 9.59 Å². The summed E-state index contributed by atoms with van der Waals surface area (Å²) in [6.45, 7) is 4.01. The van der Waals surface area contributed by atoms with Gasteiger partial charge < -0.3 is 16.4 Å². The van der Waals surface area contributed by atoms with E-state index in [0.29, 0.717) is 25.2 Å². The molecule has 1 aliphatic rings. The Bertz CT molecular complexity index is 501. The standard InChI is InChI=1S/C15H22N4O2/c1-2-13-15(21)17-8-10-19(13)9-7-14(20)18-12-5-3-11(16)4-6-12/h3-6,13H,2,7-10,16H2,1H3,(H,17,21)(H,18,20). The van der Waals surface area contributed by atoms with Gasteiger partial charge >= 0.3 is 0 Å². The van der Waals surface area contributed by atoms with Gasteiger partial charge in [-0.05, 0) is 30.7 Å². The summed E-state index contributed by atoms with van der Waals surface area (Å²) in [6, 6.07) is 6.92. The number of nitrogens with zero attached hydrogens (tertiary/aromatic N) is 1. The van der Waals surface area contributed by atoms with E-state index < -0.39 is 0 Å². The lowest BCUT2D eigenvalue weighted by molar-refractivity contribution is -0.129. The number of piperazine rings is 1. The van der Waals surface area contributed by atoms with E-state index in [1.165, 1.54) is 0 Å². The molecule has 0 aromatic heterocycles. The van der Waals surface area contributed by atoms with Crippen LogP contribution in [-0.4, -0.2) is 42.4 Å². The lowest BCUT2D eigenvalue weighted by Gasteiger charge is -2.34. The monoisotopic (exact) mass is 290 g/mol. The molecular weight excluding hydrogens is 268 g/mol. The van der Waals surface area contributed by atoms with E-state index in [-0.39, 0.29) is 17.9 Å². The predicted molar refractivity (Wildman–Crippen MR) is 82.8 cm³/mol. The minimum atomic E-state index is -0.122. The molecule has 6 nitrogen and oxygen atoms in total. The first-order valence-corrected chi connectivity index (χ1v) is 7.27. The SMILES string of the molecule is CCC1C(=O)NCCN1CCC(=O)Nc1ccc(N)cc1. The van der Waals surface area contributed by atoms with Gasteiger partial charge in [-0.25, -0.2) is 0 Å². The molecule has 6 heteroatoms. The maximum absolute atomic E-state index is 11.9. The molecule has 1 heterocycles. The van der Waals surface area contributed by atoms with Crippen molar-refractivity contribution in [3.05, 3.63) is 24.3 Å². The van der Waals surface area contributed by atoms with E-state index in [9.17, 15) is 9.59 Å². The summed E-state index contributed by atoms with van der Waals surface area (Å²) in [7, 11) is 0. The number of carbonyl (C=O) groups is 2. The number of amides is 2. The van der Waals surface area contributed by atoms with Crippen LogP contribution in [0.4, 0.5) is 11.4 Å². The number of hydrogen-bond acceptors (Lipinski definition) is 4. The second kappa shape index (κ2) is 7.08. The quantitative estimate of drug-likeness (QED) is 0.700. The maximum atomic E-state index is 11.9. The molecule has 0 aliphatic carbocycles. The van der Waals surface area contributed by atoms with Crippen LogP contribution in [0.15, 0.2) is 24.3 Å². The minimum Gasteiger partial charge on any atom is -0.399 e. The van der Waals surface area contributed by atoms with Crippen molar-refractivity contribution in [2.45, 2.75) is 25.8 Å². The number of rotatable bonds is 5. The number of carbonyl (C=O) groups excluding carboxylic acids is 2. The molecule has 114 valence electrons. The molecule has 21 heavy (non-hydrogen) atoms. The number of benzene rings is 1. The highest BCUT2D eigenvalue weighted by atomic mass is 16.2. The van der Waals surface area contributed by atoms with Crippen molar-refractivity contribution >= 4 is 23.2 Å². The first kappa shape index (κ1) is 15.3. The normalized spacial score (nSPS) is 19.1. The summed E-state index contributed by atoms with van der Waals surface area (Å²) in [5.74, 6) is 0.00305. The molecule has 1 saturated heterocycles. The highest BCUT2D eigenvalue weighted by molar-refractivity contribution is 5.91. The van der Waals surface area contributed by atoms with Crippen molar-refractivity contribution in [2.24, 2.45) is 0 Å². The van der Waals surface area contributed by atoms with Crippen LogP contribution in [0.2, 0.25) is 0 Å². The zero-order chi connectivity index (χ0) is 15.2. The van der Waals surface area contributed by atoms with Crippen LogP contribution in [0.1, 0.15) is 19.8 Å². The van der Waals surface area contributed by atoms with Crippen molar-refractivity contribution in [2.75, 3.05) is 30.7 Å². The van der Waals surface area contributed by atoms with Gasteiger partial charge in [-0.2, -0.15) is 0 Å². The molecule has 2 amide bonds. The van der Waals surface area contributed by atoms with Crippen LogP contribution >= 0.6 is 0 Å². The fourth-order valence-corrected chi connectivity index (χ4v) is 2.51. The number of nitrogens with two attached hydrogens (primary N) is 1. The molecule has 0 spiro atoms. The maximum Gasteiger partial charge on any atom is 0.237 e. The fraction of sp³-hybridized carbons (Fsp3) is 0.467. The van der Waals surface area contributed by atoms with Gasteiger partial charge in [0.05, 0.1) is 6.04 Å². The molecular formula is C15H22N4O2. The Hall–Kier alpha value is -2.08. The van der Waals surface area contributed by atoms with Crippen molar-refractivity contribution in [1.29, 1.82) is 0 Å². The molecule has 1 atom stereocenters. The summed E-state index contributed by atoms with van der Waals surface area (Å²) >= 11 is 0. The Morgan fingerprint density at radius 2 is 2.14 bits per heavy atom. The number of nitrogen functional groups attached to an aromatic ring is 1. The largest absolute Gasteiger partial charge is 0.399 e. The zero-order valence-electron chi connectivity index (χ0n) is 12.3. The van der Waals surface area contributed by atoms with Crippen LogP contribution < -0.4 is 16.4 Å². The van der Waals surface area contributed by atoms with Gasteiger partial charge in [-0.1, -0.05) is 6.92 Å². The lowest BCUT2D eigenvalue weighted by Crippen LogP contribution is -2.55. The third-order valence-corrected chi connectivity index (χ3v) is 3.65. The molecule has 0 saturated carbocycles. The number of anilines is 2. The first-order valence-electron chi connectivity index (χ1n) is 7.27. The predicted octanol–water partition coefficient (Wildman–Crippen LogP) is 0.808.